The standard InChI is InChI=1S/C14H23NO2/c1-10(2)12(7-8-15)13-9-11(16-3)5-6-14(13)17-4/h5-6,9-10,12H,7-8,15H2,1-4H3. The molecule has 0 bridgehead atoms. The smallest absolute Gasteiger partial charge is 0.122 e. The number of methoxy groups -OCH3 is 2. The Balaban J connectivity index is 3.13. The van der Waals surface area contributed by atoms with Gasteiger partial charge in [-0.1, -0.05) is 13.8 Å². The summed E-state index contributed by atoms with van der Waals surface area (Å²) in [6.45, 7) is 5.10. The lowest BCUT2D eigenvalue weighted by atomic mass is 9.85. The second-order valence-corrected chi connectivity index (χ2v) is 4.54. The molecule has 17 heavy (non-hydrogen) atoms. The molecule has 1 aromatic carbocycles. The van der Waals surface area contributed by atoms with Crippen LogP contribution in [0.4, 0.5) is 0 Å². The van der Waals surface area contributed by atoms with Crippen LogP contribution in [0, 0.1) is 5.92 Å². The van der Waals surface area contributed by atoms with Crippen molar-refractivity contribution in [2.45, 2.75) is 26.2 Å². The van der Waals surface area contributed by atoms with Crippen LogP contribution >= 0.6 is 0 Å². The zero-order valence-corrected chi connectivity index (χ0v) is 11.2. The lowest BCUT2D eigenvalue weighted by Crippen LogP contribution is -2.13. The summed E-state index contributed by atoms with van der Waals surface area (Å²) in [5.41, 5.74) is 6.88. The Bertz CT molecular complexity index is 350. The monoisotopic (exact) mass is 237 g/mol. The summed E-state index contributed by atoms with van der Waals surface area (Å²) in [5, 5.41) is 0. The fourth-order valence-corrected chi connectivity index (χ4v) is 2.16. The van der Waals surface area contributed by atoms with Crippen LogP contribution in [-0.4, -0.2) is 20.8 Å². The Kier molecular flexibility index (Phi) is 5.29. The van der Waals surface area contributed by atoms with Crippen LogP contribution in [0.25, 0.3) is 0 Å². The summed E-state index contributed by atoms with van der Waals surface area (Å²) in [6.07, 6.45) is 0.960. The molecule has 0 aliphatic rings. The molecule has 0 saturated carbocycles. The third-order valence-electron chi connectivity index (χ3n) is 3.12. The van der Waals surface area contributed by atoms with Crippen LogP contribution in [0.2, 0.25) is 0 Å². The predicted molar refractivity (Wildman–Crippen MR) is 70.8 cm³/mol. The molecule has 0 heterocycles. The van der Waals surface area contributed by atoms with Gasteiger partial charge >= 0.3 is 0 Å². The van der Waals surface area contributed by atoms with E-state index in [1.165, 1.54) is 5.56 Å². The minimum absolute atomic E-state index is 0.407. The molecular weight excluding hydrogens is 214 g/mol. The highest BCUT2D eigenvalue weighted by atomic mass is 16.5. The van der Waals surface area contributed by atoms with Crippen molar-refractivity contribution in [3.05, 3.63) is 23.8 Å². The fraction of sp³-hybridized carbons (Fsp3) is 0.571. The molecule has 0 aliphatic heterocycles. The first-order valence-electron chi connectivity index (χ1n) is 6.06. The first-order valence-corrected chi connectivity index (χ1v) is 6.06. The van der Waals surface area contributed by atoms with Gasteiger partial charge in [-0.3, -0.25) is 0 Å². The third-order valence-corrected chi connectivity index (χ3v) is 3.12. The van der Waals surface area contributed by atoms with Crippen molar-refractivity contribution in [2.75, 3.05) is 20.8 Å². The Hall–Kier alpha value is -1.22. The SMILES string of the molecule is COc1ccc(OC)c(C(CCN)C(C)C)c1. The number of nitrogens with two attached hydrogens (primary N) is 1. The number of ether oxygens (including phenoxy) is 2. The van der Waals surface area contributed by atoms with Crippen molar-refractivity contribution in [3.8, 4) is 11.5 Å². The first-order chi connectivity index (χ1) is 8.13. The summed E-state index contributed by atoms with van der Waals surface area (Å²) < 4.78 is 10.7. The topological polar surface area (TPSA) is 44.5 Å². The first kappa shape index (κ1) is 13.8. The minimum Gasteiger partial charge on any atom is -0.497 e. The van der Waals surface area contributed by atoms with Crippen LogP contribution in [0.5, 0.6) is 11.5 Å². The third kappa shape index (κ3) is 3.37. The van der Waals surface area contributed by atoms with E-state index in [9.17, 15) is 0 Å². The quantitative estimate of drug-likeness (QED) is 0.827. The molecule has 1 aromatic rings. The molecule has 2 N–H and O–H groups in total. The second-order valence-electron chi connectivity index (χ2n) is 4.54. The van der Waals surface area contributed by atoms with Crippen molar-refractivity contribution >= 4 is 0 Å². The average Bonchev–Trinajstić information content (AvgIpc) is 2.34. The minimum atomic E-state index is 0.407. The number of hydrogen-bond donors (Lipinski definition) is 1. The van der Waals surface area contributed by atoms with Crippen molar-refractivity contribution < 1.29 is 9.47 Å². The van der Waals surface area contributed by atoms with Gasteiger partial charge in [0.1, 0.15) is 11.5 Å². The van der Waals surface area contributed by atoms with Gasteiger partial charge in [-0.25, -0.2) is 0 Å². The molecule has 3 heteroatoms. The normalized spacial score (nSPS) is 12.6. The van der Waals surface area contributed by atoms with Crippen LogP contribution in [0.3, 0.4) is 0 Å². The molecule has 1 atom stereocenters. The summed E-state index contributed by atoms with van der Waals surface area (Å²) in [6, 6.07) is 5.93. The highest BCUT2D eigenvalue weighted by Gasteiger charge is 2.19. The number of hydrogen-bond acceptors (Lipinski definition) is 3. The Morgan fingerprint density at radius 3 is 2.35 bits per heavy atom. The van der Waals surface area contributed by atoms with Gasteiger partial charge in [0.05, 0.1) is 14.2 Å². The molecule has 0 saturated heterocycles. The molecule has 1 unspecified atom stereocenters. The van der Waals surface area contributed by atoms with Gasteiger partial charge in [0.15, 0.2) is 0 Å². The highest BCUT2D eigenvalue weighted by molar-refractivity contribution is 5.42. The Morgan fingerprint density at radius 1 is 1.18 bits per heavy atom. The van der Waals surface area contributed by atoms with Gasteiger partial charge in [-0.05, 0) is 43.0 Å². The predicted octanol–water partition coefficient (Wildman–Crippen LogP) is 2.79. The largest absolute Gasteiger partial charge is 0.497 e. The molecule has 0 aromatic heterocycles. The summed E-state index contributed by atoms with van der Waals surface area (Å²) in [4.78, 5) is 0. The van der Waals surface area contributed by atoms with E-state index >= 15 is 0 Å². The van der Waals surface area contributed by atoms with Gasteiger partial charge in [0.25, 0.3) is 0 Å². The molecule has 0 radical (unpaired) electrons. The van der Waals surface area contributed by atoms with E-state index in [4.69, 9.17) is 15.2 Å². The Labute approximate surface area is 104 Å². The lowest BCUT2D eigenvalue weighted by molar-refractivity contribution is 0.382. The number of rotatable bonds is 6. The van der Waals surface area contributed by atoms with Crippen molar-refractivity contribution in [3.63, 3.8) is 0 Å². The van der Waals surface area contributed by atoms with E-state index in [-0.39, 0.29) is 0 Å². The van der Waals surface area contributed by atoms with Crippen molar-refractivity contribution in [1.29, 1.82) is 0 Å². The maximum atomic E-state index is 5.69. The summed E-state index contributed by atoms with van der Waals surface area (Å²) in [7, 11) is 3.38. The molecule has 1 rings (SSSR count). The van der Waals surface area contributed by atoms with Gasteiger partial charge < -0.3 is 15.2 Å². The molecule has 0 spiro atoms. The summed E-state index contributed by atoms with van der Waals surface area (Å²) in [5.74, 6) is 2.71. The number of benzene rings is 1. The maximum Gasteiger partial charge on any atom is 0.122 e. The van der Waals surface area contributed by atoms with E-state index in [1.54, 1.807) is 14.2 Å². The van der Waals surface area contributed by atoms with E-state index in [0.29, 0.717) is 18.4 Å². The maximum absolute atomic E-state index is 5.69. The molecular formula is C14H23NO2. The lowest BCUT2D eigenvalue weighted by Gasteiger charge is -2.23. The van der Waals surface area contributed by atoms with E-state index in [0.717, 1.165) is 17.9 Å². The highest BCUT2D eigenvalue weighted by Crippen LogP contribution is 2.36. The zero-order chi connectivity index (χ0) is 12.8. The molecule has 0 fully saturated rings. The molecule has 0 aliphatic carbocycles. The Morgan fingerprint density at radius 2 is 1.88 bits per heavy atom. The zero-order valence-electron chi connectivity index (χ0n) is 11.2. The van der Waals surface area contributed by atoms with Gasteiger partial charge in [0.2, 0.25) is 0 Å². The molecule has 96 valence electrons. The van der Waals surface area contributed by atoms with Gasteiger partial charge in [-0.15, -0.1) is 0 Å². The van der Waals surface area contributed by atoms with E-state index in [2.05, 4.69) is 19.9 Å². The fourth-order valence-electron chi connectivity index (χ4n) is 2.16. The van der Waals surface area contributed by atoms with Gasteiger partial charge in [0, 0.05) is 5.56 Å². The van der Waals surface area contributed by atoms with Crippen LogP contribution in [-0.2, 0) is 0 Å². The molecule has 0 amide bonds. The van der Waals surface area contributed by atoms with E-state index in [1.807, 2.05) is 12.1 Å². The van der Waals surface area contributed by atoms with Gasteiger partial charge in [-0.2, -0.15) is 0 Å². The molecule has 3 nitrogen and oxygen atoms in total. The van der Waals surface area contributed by atoms with Crippen LogP contribution in [0.1, 0.15) is 31.7 Å². The van der Waals surface area contributed by atoms with Crippen molar-refractivity contribution in [1.82, 2.24) is 0 Å². The van der Waals surface area contributed by atoms with Crippen LogP contribution < -0.4 is 15.2 Å². The van der Waals surface area contributed by atoms with Crippen molar-refractivity contribution in [2.24, 2.45) is 11.7 Å². The average molecular weight is 237 g/mol. The summed E-state index contributed by atoms with van der Waals surface area (Å²) >= 11 is 0. The van der Waals surface area contributed by atoms with E-state index < -0.39 is 0 Å². The second kappa shape index (κ2) is 6.50. The van der Waals surface area contributed by atoms with Crippen LogP contribution in [0.15, 0.2) is 18.2 Å².